The average molecular weight is 274 g/mol. The monoisotopic (exact) mass is 273 g/mol. The Labute approximate surface area is 98.3 Å². The van der Waals surface area contributed by atoms with Crippen LogP contribution in [-0.2, 0) is 4.74 Å². The van der Waals surface area contributed by atoms with Crippen LogP contribution in [0.15, 0.2) is 16.7 Å². The highest BCUT2D eigenvalue weighted by atomic mass is 79.9. The van der Waals surface area contributed by atoms with E-state index < -0.39 is 0 Å². The Balaban J connectivity index is 2.33. The predicted octanol–water partition coefficient (Wildman–Crippen LogP) is 2.26. The molecule has 1 rings (SSSR count). The van der Waals surface area contributed by atoms with Crippen LogP contribution in [0.5, 0.6) is 0 Å². The molecule has 1 aromatic rings. The van der Waals surface area contributed by atoms with Crippen molar-refractivity contribution < 1.29 is 4.74 Å². The first-order valence-electron chi connectivity index (χ1n) is 4.96. The largest absolute Gasteiger partial charge is 0.382 e. The van der Waals surface area contributed by atoms with Gasteiger partial charge in [0, 0.05) is 23.8 Å². The Bertz CT molecular complexity index is 307. The van der Waals surface area contributed by atoms with Gasteiger partial charge in [-0.2, -0.15) is 0 Å². The number of nitrogens with one attached hydrogen (secondary N) is 1. The molecule has 0 amide bonds. The predicted molar refractivity (Wildman–Crippen MR) is 65.9 cm³/mol. The first-order valence-corrected chi connectivity index (χ1v) is 5.76. The van der Waals surface area contributed by atoms with Crippen LogP contribution in [0.3, 0.4) is 0 Å². The summed E-state index contributed by atoms with van der Waals surface area (Å²) in [5.74, 6) is 0.508. The second-order valence-corrected chi connectivity index (χ2v) is 4.04. The van der Waals surface area contributed by atoms with Crippen molar-refractivity contribution in [2.24, 2.45) is 0 Å². The molecule has 1 heterocycles. The fraction of sp³-hybridized carbons (Fsp3) is 0.500. The second kappa shape index (κ2) is 6.63. The summed E-state index contributed by atoms with van der Waals surface area (Å²) in [6.45, 7) is 4.31. The highest BCUT2D eigenvalue weighted by Crippen LogP contribution is 2.19. The lowest BCUT2D eigenvalue weighted by Gasteiger charge is -2.08. The van der Waals surface area contributed by atoms with Crippen molar-refractivity contribution in [2.75, 3.05) is 30.8 Å². The van der Waals surface area contributed by atoms with Gasteiger partial charge in [-0.3, -0.25) is 0 Å². The third-order valence-corrected chi connectivity index (χ3v) is 2.23. The van der Waals surface area contributed by atoms with Crippen molar-refractivity contribution in [3.05, 3.63) is 16.7 Å². The molecule has 0 fully saturated rings. The summed E-state index contributed by atoms with van der Waals surface area (Å²) < 4.78 is 6.25. The maximum Gasteiger partial charge on any atom is 0.146 e. The molecule has 0 bridgehead atoms. The van der Waals surface area contributed by atoms with Gasteiger partial charge in [-0.05, 0) is 28.4 Å². The molecule has 0 saturated heterocycles. The number of aromatic nitrogens is 1. The zero-order valence-corrected chi connectivity index (χ0v) is 10.4. The Morgan fingerprint density at radius 1 is 1.53 bits per heavy atom. The first-order chi connectivity index (χ1) is 7.24. The Hall–Kier alpha value is -0.810. The van der Waals surface area contributed by atoms with Crippen molar-refractivity contribution in [2.45, 2.75) is 13.3 Å². The zero-order chi connectivity index (χ0) is 11.1. The van der Waals surface area contributed by atoms with Crippen LogP contribution in [0.25, 0.3) is 0 Å². The van der Waals surface area contributed by atoms with Crippen LogP contribution >= 0.6 is 15.9 Å². The van der Waals surface area contributed by atoms with Gasteiger partial charge < -0.3 is 15.8 Å². The number of ether oxygens (including phenoxy) is 1. The molecule has 5 heteroatoms. The molecule has 0 unspecified atom stereocenters. The number of nitrogens with zero attached hydrogens (tertiary/aromatic N) is 1. The van der Waals surface area contributed by atoms with Gasteiger partial charge >= 0.3 is 0 Å². The number of rotatable bonds is 6. The molecule has 0 aromatic carbocycles. The number of halogens is 1. The van der Waals surface area contributed by atoms with E-state index in [1.807, 2.05) is 6.07 Å². The van der Waals surface area contributed by atoms with Crippen molar-refractivity contribution in [1.82, 2.24) is 4.98 Å². The summed E-state index contributed by atoms with van der Waals surface area (Å²) in [6.07, 6.45) is 2.72. The smallest absolute Gasteiger partial charge is 0.146 e. The van der Waals surface area contributed by atoms with Crippen molar-refractivity contribution in [1.29, 1.82) is 0 Å². The topological polar surface area (TPSA) is 60.2 Å². The number of hydrogen-bond donors (Lipinski definition) is 2. The summed E-state index contributed by atoms with van der Waals surface area (Å²) in [4.78, 5) is 4.02. The summed E-state index contributed by atoms with van der Waals surface area (Å²) in [6, 6.07) is 1.90. The van der Waals surface area contributed by atoms with E-state index in [0.29, 0.717) is 12.4 Å². The summed E-state index contributed by atoms with van der Waals surface area (Å²) in [5, 5.41) is 3.17. The van der Waals surface area contributed by atoms with Gasteiger partial charge in [0.25, 0.3) is 0 Å². The highest BCUT2D eigenvalue weighted by Gasteiger charge is 1.99. The van der Waals surface area contributed by atoms with E-state index >= 15 is 0 Å². The highest BCUT2D eigenvalue weighted by molar-refractivity contribution is 9.10. The fourth-order valence-corrected chi connectivity index (χ4v) is 1.43. The number of nitrogens with two attached hydrogens (primary N) is 1. The third kappa shape index (κ3) is 4.48. The summed E-state index contributed by atoms with van der Waals surface area (Å²) >= 11 is 3.34. The van der Waals surface area contributed by atoms with Crippen LogP contribution in [0.1, 0.15) is 13.3 Å². The van der Waals surface area contributed by atoms with Crippen molar-refractivity contribution in [3.63, 3.8) is 0 Å². The molecule has 0 aliphatic rings. The van der Waals surface area contributed by atoms with E-state index in [2.05, 4.69) is 33.2 Å². The molecule has 4 nitrogen and oxygen atoms in total. The molecule has 84 valence electrons. The van der Waals surface area contributed by atoms with E-state index in [9.17, 15) is 0 Å². The van der Waals surface area contributed by atoms with Gasteiger partial charge in [0.2, 0.25) is 0 Å². The summed E-state index contributed by atoms with van der Waals surface area (Å²) in [5.41, 5.74) is 6.53. The van der Waals surface area contributed by atoms with Gasteiger partial charge in [0.1, 0.15) is 5.82 Å². The molecule has 0 aliphatic carbocycles. The first kappa shape index (κ1) is 12.3. The van der Waals surface area contributed by atoms with Gasteiger partial charge in [0.05, 0.1) is 12.3 Å². The molecule has 0 aliphatic heterocycles. The lowest BCUT2D eigenvalue weighted by molar-refractivity contribution is 0.144. The minimum Gasteiger partial charge on any atom is -0.382 e. The zero-order valence-electron chi connectivity index (χ0n) is 8.79. The van der Waals surface area contributed by atoms with Crippen LogP contribution in [0.4, 0.5) is 11.5 Å². The molecule has 0 saturated carbocycles. The molecular formula is C10H16BrN3O. The van der Waals surface area contributed by atoms with Crippen LogP contribution in [0.2, 0.25) is 0 Å². The average Bonchev–Trinajstić information content (AvgIpc) is 2.23. The van der Waals surface area contributed by atoms with Gasteiger partial charge in [-0.15, -0.1) is 0 Å². The quantitative estimate of drug-likeness (QED) is 0.781. The second-order valence-electron chi connectivity index (χ2n) is 3.13. The maximum atomic E-state index is 5.70. The van der Waals surface area contributed by atoms with Gasteiger partial charge in [-0.1, -0.05) is 6.92 Å². The van der Waals surface area contributed by atoms with Crippen LogP contribution < -0.4 is 11.1 Å². The molecule has 1 aromatic heterocycles. The third-order valence-electron chi connectivity index (χ3n) is 1.80. The number of hydrogen-bond acceptors (Lipinski definition) is 4. The van der Waals surface area contributed by atoms with Crippen molar-refractivity contribution in [3.8, 4) is 0 Å². The van der Waals surface area contributed by atoms with Gasteiger partial charge in [0.15, 0.2) is 0 Å². The maximum absolute atomic E-state index is 5.70. The molecule has 3 N–H and O–H groups in total. The van der Waals surface area contributed by atoms with Crippen LogP contribution in [-0.4, -0.2) is 24.7 Å². The minimum atomic E-state index is 0.508. The lowest BCUT2D eigenvalue weighted by atomic mass is 10.4. The summed E-state index contributed by atoms with van der Waals surface area (Å²) in [7, 11) is 0. The minimum absolute atomic E-state index is 0.508. The lowest BCUT2D eigenvalue weighted by Crippen LogP contribution is -2.11. The van der Waals surface area contributed by atoms with E-state index in [4.69, 9.17) is 10.5 Å². The molecule has 0 radical (unpaired) electrons. The number of nitrogen functional groups attached to an aromatic ring is 1. The Kier molecular flexibility index (Phi) is 5.42. The van der Waals surface area contributed by atoms with E-state index in [0.717, 1.165) is 29.7 Å². The molecular weight excluding hydrogens is 258 g/mol. The van der Waals surface area contributed by atoms with E-state index in [1.165, 1.54) is 0 Å². The van der Waals surface area contributed by atoms with Crippen LogP contribution in [0, 0.1) is 0 Å². The Morgan fingerprint density at radius 3 is 3.07 bits per heavy atom. The fourth-order valence-electron chi connectivity index (χ4n) is 1.10. The number of anilines is 2. The van der Waals surface area contributed by atoms with Crippen molar-refractivity contribution >= 4 is 27.4 Å². The Morgan fingerprint density at radius 2 is 2.33 bits per heavy atom. The molecule has 0 spiro atoms. The van der Waals surface area contributed by atoms with E-state index in [1.54, 1.807) is 6.20 Å². The van der Waals surface area contributed by atoms with E-state index in [-0.39, 0.29) is 0 Å². The number of pyridine rings is 1. The molecule has 15 heavy (non-hydrogen) atoms. The standard InChI is InChI=1S/C10H16BrN3O/c1-2-4-15-5-3-13-9-6-8(11)7-14-10(9)12/h6-7,13H,2-5H2,1H3,(H2,12,14). The normalized spacial score (nSPS) is 10.3. The SMILES string of the molecule is CCCOCCNc1cc(Br)cnc1N. The molecule has 0 atom stereocenters. The van der Waals surface area contributed by atoms with Gasteiger partial charge in [-0.25, -0.2) is 4.98 Å².